The SMILES string of the molecule is C[B]c1ccc(C(C)N)cc1. The summed E-state index contributed by atoms with van der Waals surface area (Å²) in [6, 6.07) is 8.44. The summed E-state index contributed by atoms with van der Waals surface area (Å²) in [4.78, 5) is 0. The van der Waals surface area contributed by atoms with E-state index in [4.69, 9.17) is 5.73 Å². The Morgan fingerprint density at radius 2 is 1.82 bits per heavy atom. The van der Waals surface area contributed by atoms with Crippen molar-refractivity contribution < 1.29 is 0 Å². The third-order valence-corrected chi connectivity index (χ3v) is 1.80. The fraction of sp³-hybridized carbons (Fsp3) is 0.333. The van der Waals surface area contributed by atoms with E-state index in [1.54, 1.807) is 0 Å². The zero-order valence-corrected chi connectivity index (χ0v) is 7.04. The van der Waals surface area contributed by atoms with Gasteiger partial charge in [-0.25, -0.2) is 0 Å². The van der Waals surface area contributed by atoms with Gasteiger partial charge in [0.15, 0.2) is 0 Å². The Balaban J connectivity index is 2.83. The molecule has 1 nitrogen and oxygen atoms in total. The van der Waals surface area contributed by atoms with Gasteiger partial charge < -0.3 is 5.73 Å². The van der Waals surface area contributed by atoms with Gasteiger partial charge in [0, 0.05) is 6.04 Å². The van der Waals surface area contributed by atoms with Gasteiger partial charge in [0.05, 0.1) is 0 Å². The van der Waals surface area contributed by atoms with Crippen molar-refractivity contribution in [3.63, 3.8) is 0 Å². The van der Waals surface area contributed by atoms with Gasteiger partial charge in [-0.2, -0.15) is 0 Å². The average molecular weight is 146 g/mol. The van der Waals surface area contributed by atoms with Gasteiger partial charge in [-0.05, 0) is 12.5 Å². The Morgan fingerprint density at radius 3 is 2.18 bits per heavy atom. The highest BCUT2D eigenvalue weighted by atomic mass is 14.6. The third kappa shape index (κ3) is 2.09. The first-order valence-electron chi connectivity index (χ1n) is 3.89. The molecule has 1 unspecified atom stereocenters. The fourth-order valence-electron chi connectivity index (χ4n) is 0.992. The number of hydrogen-bond donors (Lipinski definition) is 1. The molecule has 0 aliphatic heterocycles. The van der Waals surface area contributed by atoms with Gasteiger partial charge >= 0.3 is 0 Å². The molecule has 1 atom stereocenters. The maximum absolute atomic E-state index is 5.70. The molecule has 11 heavy (non-hydrogen) atoms. The van der Waals surface area contributed by atoms with Gasteiger partial charge in [0.2, 0.25) is 0 Å². The maximum atomic E-state index is 5.70. The number of hydrogen-bond acceptors (Lipinski definition) is 1. The van der Waals surface area contributed by atoms with Crippen molar-refractivity contribution in [1.82, 2.24) is 0 Å². The lowest BCUT2D eigenvalue weighted by Crippen LogP contribution is -2.11. The summed E-state index contributed by atoms with van der Waals surface area (Å²) in [6.45, 7) is 4.02. The monoisotopic (exact) mass is 146 g/mol. The van der Waals surface area contributed by atoms with Crippen LogP contribution >= 0.6 is 0 Å². The van der Waals surface area contributed by atoms with E-state index in [0.717, 1.165) is 0 Å². The molecule has 0 fully saturated rings. The van der Waals surface area contributed by atoms with Gasteiger partial charge in [0.25, 0.3) is 0 Å². The van der Waals surface area contributed by atoms with E-state index in [1.165, 1.54) is 11.0 Å². The maximum Gasteiger partial charge on any atom is 0.148 e. The lowest BCUT2D eigenvalue weighted by Gasteiger charge is -2.05. The zero-order chi connectivity index (χ0) is 8.27. The fourth-order valence-corrected chi connectivity index (χ4v) is 0.992. The number of benzene rings is 1. The minimum absolute atomic E-state index is 0.140. The minimum atomic E-state index is 0.140. The summed E-state index contributed by atoms with van der Waals surface area (Å²) in [5.41, 5.74) is 8.13. The molecular formula is C9H13BN. The predicted octanol–water partition coefficient (Wildman–Crippen LogP) is 1.08. The highest BCUT2D eigenvalue weighted by Gasteiger charge is 1.97. The van der Waals surface area contributed by atoms with Crippen LogP contribution in [0.1, 0.15) is 18.5 Å². The molecule has 0 amide bonds. The second-order valence-corrected chi connectivity index (χ2v) is 2.74. The summed E-state index contributed by atoms with van der Waals surface area (Å²) >= 11 is 0. The lowest BCUT2D eigenvalue weighted by atomic mass is 9.73. The van der Waals surface area contributed by atoms with Gasteiger partial charge in [0.1, 0.15) is 7.28 Å². The Kier molecular flexibility index (Phi) is 2.72. The standard InChI is InChI=1S/C9H13BN/c1-7(11)8-3-5-9(10-2)6-4-8/h3-7H,11H2,1-2H3. The van der Waals surface area contributed by atoms with Crippen molar-refractivity contribution in [1.29, 1.82) is 0 Å². The van der Waals surface area contributed by atoms with Crippen LogP contribution in [0.15, 0.2) is 24.3 Å². The van der Waals surface area contributed by atoms with Crippen molar-refractivity contribution in [2.75, 3.05) is 0 Å². The van der Waals surface area contributed by atoms with E-state index in [2.05, 4.69) is 31.5 Å². The quantitative estimate of drug-likeness (QED) is 0.620. The first kappa shape index (κ1) is 8.34. The predicted molar refractivity (Wildman–Crippen MR) is 50.3 cm³/mol. The molecule has 0 aliphatic rings. The molecule has 0 saturated carbocycles. The topological polar surface area (TPSA) is 26.0 Å². The zero-order valence-electron chi connectivity index (χ0n) is 7.04. The van der Waals surface area contributed by atoms with Crippen LogP contribution in [0.4, 0.5) is 0 Å². The smallest absolute Gasteiger partial charge is 0.148 e. The average Bonchev–Trinajstić information content (AvgIpc) is 2.05. The number of nitrogens with two attached hydrogens (primary N) is 1. The van der Waals surface area contributed by atoms with Crippen molar-refractivity contribution >= 4 is 12.7 Å². The van der Waals surface area contributed by atoms with Crippen LogP contribution in [0.2, 0.25) is 6.82 Å². The summed E-state index contributed by atoms with van der Waals surface area (Å²) in [5.74, 6) is 0. The number of rotatable bonds is 2. The van der Waals surface area contributed by atoms with Crippen LogP contribution in [0.3, 0.4) is 0 Å². The summed E-state index contributed by atoms with van der Waals surface area (Å²) < 4.78 is 0. The van der Waals surface area contributed by atoms with Crippen LogP contribution in [0, 0.1) is 0 Å². The van der Waals surface area contributed by atoms with Gasteiger partial charge in [-0.1, -0.05) is 36.6 Å². The Hall–Kier alpha value is -0.755. The molecule has 0 heterocycles. The van der Waals surface area contributed by atoms with Gasteiger partial charge in [-0.15, -0.1) is 0 Å². The van der Waals surface area contributed by atoms with Crippen LogP contribution in [0.25, 0.3) is 0 Å². The molecule has 0 saturated heterocycles. The highest BCUT2D eigenvalue weighted by Crippen LogP contribution is 2.05. The largest absolute Gasteiger partial charge is 0.324 e. The van der Waals surface area contributed by atoms with E-state index >= 15 is 0 Å². The summed E-state index contributed by atoms with van der Waals surface area (Å²) in [7, 11) is 2.07. The molecule has 1 radical (unpaired) electrons. The third-order valence-electron chi connectivity index (χ3n) is 1.80. The molecule has 0 bridgehead atoms. The molecule has 0 aromatic heterocycles. The van der Waals surface area contributed by atoms with E-state index in [9.17, 15) is 0 Å². The summed E-state index contributed by atoms with van der Waals surface area (Å²) in [6.07, 6.45) is 0. The molecule has 1 rings (SSSR count). The van der Waals surface area contributed by atoms with E-state index in [-0.39, 0.29) is 6.04 Å². The molecule has 1 aromatic rings. The molecule has 57 valence electrons. The Bertz CT molecular complexity index is 216. The highest BCUT2D eigenvalue weighted by molar-refractivity contribution is 6.51. The first-order valence-corrected chi connectivity index (χ1v) is 3.89. The lowest BCUT2D eigenvalue weighted by molar-refractivity contribution is 0.819. The molecule has 0 spiro atoms. The molecule has 1 aromatic carbocycles. The van der Waals surface area contributed by atoms with Crippen molar-refractivity contribution in [3.05, 3.63) is 29.8 Å². The molecule has 0 aliphatic carbocycles. The first-order chi connectivity index (χ1) is 5.24. The van der Waals surface area contributed by atoms with Crippen LogP contribution < -0.4 is 11.2 Å². The Morgan fingerprint density at radius 1 is 1.27 bits per heavy atom. The van der Waals surface area contributed by atoms with Crippen LogP contribution in [-0.2, 0) is 0 Å². The molecule has 2 heteroatoms. The van der Waals surface area contributed by atoms with Crippen LogP contribution in [-0.4, -0.2) is 7.28 Å². The van der Waals surface area contributed by atoms with E-state index < -0.39 is 0 Å². The normalized spacial score (nSPS) is 12.6. The second-order valence-electron chi connectivity index (χ2n) is 2.74. The molecular weight excluding hydrogens is 133 g/mol. The minimum Gasteiger partial charge on any atom is -0.324 e. The van der Waals surface area contributed by atoms with E-state index in [0.29, 0.717) is 0 Å². The second kappa shape index (κ2) is 3.58. The van der Waals surface area contributed by atoms with Gasteiger partial charge in [-0.3, -0.25) is 0 Å². The van der Waals surface area contributed by atoms with Crippen molar-refractivity contribution in [3.8, 4) is 0 Å². The van der Waals surface area contributed by atoms with E-state index in [1.807, 2.05) is 13.7 Å². The van der Waals surface area contributed by atoms with Crippen molar-refractivity contribution in [2.45, 2.75) is 19.8 Å². The van der Waals surface area contributed by atoms with Crippen LogP contribution in [0.5, 0.6) is 0 Å². The van der Waals surface area contributed by atoms with Crippen molar-refractivity contribution in [2.24, 2.45) is 5.73 Å². The summed E-state index contributed by atoms with van der Waals surface area (Å²) in [5, 5.41) is 0. The Labute approximate surface area is 68.9 Å². The molecule has 2 N–H and O–H groups in total.